The smallest absolute Gasteiger partial charge is 0.223 e. The molecule has 118 valence electrons. The van der Waals surface area contributed by atoms with Gasteiger partial charge in [0, 0.05) is 32.1 Å². The molecule has 21 heavy (non-hydrogen) atoms. The summed E-state index contributed by atoms with van der Waals surface area (Å²) in [4.78, 5) is 15.0. The normalized spacial score (nSPS) is 42.2. The van der Waals surface area contributed by atoms with E-state index in [1.807, 2.05) is 0 Å². The zero-order chi connectivity index (χ0) is 14.2. The molecule has 0 unspecified atom stereocenters. The first kappa shape index (κ1) is 14.0. The van der Waals surface area contributed by atoms with Gasteiger partial charge in [-0.05, 0) is 55.8 Å². The molecular weight excluding hydrogens is 264 g/mol. The Labute approximate surface area is 127 Å². The summed E-state index contributed by atoms with van der Waals surface area (Å²) in [6.07, 6.45) is 6.77. The zero-order valence-electron chi connectivity index (χ0n) is 12.9. The van der Waals surface area contributed by atoms with Crippen LogP contribution in [0, 0.1) is 29.6 Å². The largest absolute Gasteiger partial charge is 0.379 e. The quantitative estimate of drug-likeness (QED) is 0.854. The van der Waals surface area contributed by atoms with Gasteiger partial charge in [-0.25, -0.2) is 0 Å². The second-order valence-corrected chi connectivity index (χ2v) is 7.70. The Morgan fingerprint density at radius 2 is 1.62 bits per heavy atom. The van der Waals surface area contributed by atoms with Crippen LogP contribution in [0.15, 0.2) is 0 Å². The number of ether oxygens (including phenoxy) is 1. The second-order valence-electron chi connectivity index (χ2n) is 7.70. The lowest BCUT2D eigenvalue weighted by Gasteiger charge is -2.53. The van der Waals surface area contributed by atoms with Crippen molar-refractivity contribution in [3.05, 3.63) is 0 Å². The lowest BCUT2D eigenvalue weighted by molar-refractivity contribution is -0.138. The van der Waals surface area contributed by atoms with Gasteiger partial charge < -0.3 is 10.1 Å². The number of nitrogens with one attached hydrogen (secondary N) is 1. The number of amides is 1. The Bertz CT molecular complexity index is 364. The summed E-state index contributed by atoms with van der Waals surface area (Å²) in [6.45, 7) is 5.47. The van der Waals surface area contributed by atoms with E-state index in [2.05, 4.69) is 10.2 Å². The molecule has 4 heteroatoms. The molecule has 1 N–H and O–H groups in total. The molecule has 4 aliphatic carbocycles. The van der Waals surface area contributed by atoms with Gasteiger partial charge in [0.1, 0.15) is 0 Å². The number of hydrogen-bond acceptors (Lipinski definition) is 3. The van der Waals surface area contributed by atoms with E-state index in [1.54, 1.807) is 0 Å². The standard InChI is InChI=1S/C17H28N2O2/c20-17(18-1-2-19-3-5-21-6-4-19)16-14-8-12-7-13(10-14)11-15(16)9-12/h12-16H,1-11H2,(H,18,20). The van der Waals surface area contributed by atoms with Crippen LogP contribution in [0.5, 0.6) is 0 Å². The van der Waals surface area contributed by atoms with Crippen molar-refractivity contribution in [2.75, 3.05) is 39.4 Å². The van der Waals surface area contributed by atoms with Gasteiger partial charge in [-0.2, -0.15) is 0 Å². The SMILES string of the molecule is O=C(NCCN1CCOCC1)C1C2CC3CC(C2)CC1C3. The maximum absolute atomic E-state index is 12.6. The average molecular weight is 292 g/mol. The molecule has 1 amide bonds. The van der Waals surface area contributed by atoms with E-state index < -0.39 is 0 Å². The fourth-order valence-electron chi connectivity index (χ4n) is 5.63. The molecule has 0 aromatic rings. The Kier molecular flexibility index (Phi) is 3.92. The van der Waals surface area contributed by atoms with Gasteiger partial charge in [-0.3, -0.25) is 9.69 Å². The van der Waals surface area contributed by atoms with Crippen molar-refractivity contribution in [1.29, 1.82) is 0 Å². The van der Waals surface area contributed by atoms with Gasteiger partial charge >= 0.3 is 0 Å². The van der Waals surface area contributed by atoms with E-state index in [-0.39, 0.29) is 0 Å². The Morgan fingerprint density at radius 1 is 1.00 bits per heavy atom. The Balaban J connectivity index is 1.27. The maximum atomic E-state index is 12.6. The summed E-state index contributed by atoms with van der Waals surface area (Å²) in [6, 6.07) is 0. The minimum atomic E-state index is 0.336. The number of hydrogen-bond donors (Lipinski definition) is 1. The van der Waals surface area contributed by atoms with Crippen molar-refractivity contribution < 1.29 is 9.53 Å². The van der Waals surface area contributed by atoms with Crippen molar-refractivity contribution in [1.82, 2.24) is 10.2 Å². The molecule has 5 rings (SSSR count). The summed E-state index contributed by atoms with van der Waals surface area (Å²) in [5.74, 6) is 3.99. The van der Waals surface area contributed by atoms with E-state index in [1.165, 1.54) is 32.1 Å². The lowest BCUT2D eigenvalue weighted by atomic mass is 9.51. The number of nitrogens with zero attached hydrogens (tertiary/aromatic N) is 1. The average Bonchev–Trinajstić information content (AvgIpc) is 2.47. The first-order valence-corrected chi connectivity index (χ1v) is 8.87. The van der Waals surface area contributed by atoms with E-state index in [0.29, 0.717) is 23.7 Å². The molecular formula is C17H28N2O2. The highest BCUT2D eigenvalue weighted by atomic mass is 16.5. The highest BCUT2D eigenvalue weighted by molar-refractivity contribution is 5.79. The molecule has 1 saturated heterocycles. The van der Waals surface area contributed by atoms with Crippen LogP contribution in [-0.2, 0) is 9.53 Å². The molecule has 0 spiro atoms. The van der Waals surface area contributed by atoms with Crippen LogP contribution >= 0.6 is 0 Å². The summed E-state index contributed by atoms with van der Waals surface area (Å²) >= 11 is 0. The highest BCUT2D eigenvalue weighted by Crippen LogP contribution is 2.56. The zero-order valence-corrected chi connectivity index (χ0v) is 12.9. The van der Waals surface area contributed by atoms with Crippen molar-refractivity contribution in [3.63, 3.8) is 0 Å². The third-order valence-electron chi connectivity index (χ3n) is 6.36. The molecule has 5 aliphatic rings. The molecule has 4 bridgehead atoms. The summed E-state index contributed by atoms with van der Waals surface area (Å²) < 4.78 is 5.36. The third-order valence-corrected chi connectivity index (χ3v) is 6.36. The molecule has 0 aromatic heterocycles. The predicted molar refractivity (Wildman–Crippen MR) is 80.8 cm³/mol. The maximum Gasteiger partial charge on any atom is 0.223 e. The Hall–Kier alpha value is -0.610. The lowest BCUT2D eigenvalue weighted by Crippen LogP contribution is -2.52. The summed E-state index contributed by atoms with van der Waals surface area (Å²) in [7, 11) is 0. The number of carbonyl (C=O) groups excluding carboxylic acids is 1. The van der Waals surface area contributed by atoms with Crippen LogP contribution in [-0.4, -0.2) is 50.2 Å². The first-order chi connectivity index (χ1) is 10.3. The fraction of sp³-hybridized carbons (Fsp3) is 0.941. The Morgan fingerprint density at radius 3 is 2.24 bits per heavy atom. The van der Waals surface area contributed by atoms with E-state index in [4.69, 9.17) is 4.74 Å². The number of morpholine rings is 1. The van der Waals surface area contributed by atoms with Gasteiger partial charge in [-0.15, -0.1) is 0 Å². The van der Waals surface area contributed by atoms with Crippen LogP contribution in [0.25, 0.3) is 0 Å². The molecule has 0 aromatic carbocycles. The van der Waals surface area contributed by atoms with Crippen molar-refractivity contribution in [2.45, 2.75) is 32.1 Å². The summed E-state index contributed by atoms with van der Waals surface area (Å²) in [5, 5.41) is 3.24. The van der Waals surface area contributed by atoms with Crippen LogP contribution in [0.2, 0.25) is 0 Å². The second kappa shape index (κ2) is 5.88. The first-order valence-electron chi connectivity index (χ1n) is 8.87. The predicted octanol–water partition coefficient (Wildman–Crippen LogP) is 1.51. The molecule has 1 aliphatic heterocycles. The van der Waals surface area contributed by atoms with Crippen molar-refractivity contribution in [2.24, 2.45) is 29.6 Å². The van der Waals surface area contributed by atoms with Crippen LogP contribution in [0.1, 0.15) is 32.1 Å². The third kappa shape index (κ3) is 2.85. The van der Waals surface area contributed by atoms with Crippen molar-refractivity contribution >= 4 is 5.91 Å². The molecule has 0 radical (unpaired) electrons. The molecule has 1 heterocycles. The highest BCUT2D eigenvalue weighted by Gasteiger charge is 2.50. The van der Waals surface area contributed by atoms with Crippen LogP contribution in [0.4, 0.5) is 0 Å². The van der Waals surface area contributed by atoms with Gasteiger partial charge in [0.25, 0.3) is 0 Å². The minimum Gasteiger partial charge on any atom is -0.379 e. The van der Waals surface area contributed by atoms with Crippen LogP contribution < -0.4 is 5.32 Å². The number of carbonyl (C=O) groups is 1. The molecule has 4 nitrogen and oxygen atoms in total. The minimum absolute atomic E-state index is 0.336. The van der Waals surface area contributed by atoms with E-state index >= 15 is 0 Å². The van der Waals surface area contributed by atoms with Crippen LogP contribution in [0.3, 0.4) is 0 Å². The fourth-order valence-corrected chi connectivity index (χ4v) is 5.63. The van der Waals surface area contributed by atoms with E-state index in [9.17, 15) is 4.79 Å². The topological polar surface area (TPSA) is 41.6 Å². The molecule has 0 atom stereocenters. The number of rotatable bonds is 4. The molecule has 4 saturated carbocycles. The van der Waals surface area contributed by atoms with Gasteiger partial charge in [0.2, 0.25) is 5.91 Å². The summed E-state index contributed by atoms with van der Waals surface area (Å²) in [5.41, 5.74) is 0. The monoisotopic (exact) mass is 292 g/mol. The van der Waals surface area contributed by atoms with Gasteiger partial charge in [0.05, 0.1) is 13.2 Å². The molecule has 5 fully saturated rings. The van der Waals surface area contributed by atoms with Gasteiger partial charge in [0.15, 0.2) is 0 Å². The van der Waals surface area contributed by atoms with E-state index in [0.717, 1.165) is 51.2 Å². The van der Waals surface area contributed by atoms with Crippen molar-refractivity contribution in [3.8, 4) is 0 Å². The van der Waals surface area contributed by atoms with Gasteiger partial charge in [-0.1, -0.05) is 0 Å².